The van der Waals surface area contributed by atoms with Crippen molar-refractivity contribution in [3.63, 3.8) is 0 Å². The van der Waals surface area contributed by atoms with Crippen LogP contribution in [0.15, 0.2) is 4.99 Å². The summed E-state index contributed by atoms with van der Waals surface area (Å²) in [6.07, 6.45) is 9.42. The van der Waals surface area contributed by atoms with E-state index in [9.17, 15) is 0 Å². The standard InChI is InChI=1S/C17H31N3O/c1-15-6-13-7-16(2,10-15)12-17(8-13,11-15)9-14(20-18)19-4-5-21-3/h13H,4-12,18H2,1-3H3,(H,19,20). The summed E-state index contributed by atoms with van der Waals surface area (Å²) in [5.74, 6) is 7.63. The van der Waals surface area contributed by atoms with E-state index in [0.29, 0.717) is 29.4 Å². The van der Waals surface area contributed by atoms with Crippen LogP contribution in [-0.4, -0.2) is 26.1 Å². The van der Waals surface area contributed by atoms with Gasteiger partial charge in [0.15, 0.2) is 0 Å². The van der Waals surface area contributed by atoms with Crippen LogP contribution in [0.3, 0.4) is 0 Å². The third-order valence-electron chi connectivity index (χ3n) is 6.05. The molecule has 0 aromatic carbocycles. The second kappa shape index (κ2) is 5.24. The third kappa shape index (κ3) is 2.98. The number of aliphatic imine (C=N–C) groups is 1. The zero-order valence-corrected chi connectivity index (χ0v) is 13.9. The van der Waals surface area contributed by atoms with Crippen molar-refractivity contribution >= 4 is 5.84 Å². The van der Waals surface area contributed by atoms with Crippen molar-refractivity contribution in [1.82, 2.24) is 5.43 Å². The monoisotopic (exact) mass is 293 g/mol. The van der Waals surface area contributed by atoms with Crippen molar-refractivity contribution in [2.45, 2.75) is 58.8 Å². The highest BCUT2D eigenvalue weighted by atomic mass is 16.5. The summed E-state index contributed by atoms with van der Waals surface area (Å²) in [5, 5.41) is 0. The molecule has 0 saturated heterocycles. The van der Waals surface area contributed by atoms with E-state index in [0.717, 1.165) is 18.2 Å². The Kier molecular flexibility index (Phi) is 3.81. The number of nitrogens with one attached hydrogen (secondary N) is 1. The van der Waals surface area contributed by atoms with Gasteiger partial charge >= 0.3 is 0 Å². The summed E-state index contributed by atoms with van der Waals surface area (Å²) < 4.78 is 5.09. The van der Waals surface area contributed by atoms with Gasteiger partial charge in [-0.1, -0.05) is 13.8 Å². The Morgan fingerprint density at radius 3 is 2.38 bits per heavy atom. The fourth-order valence-electron chi connectivity index (χ4n) is 6.66. The molecule has 4 heteroatoms. The molecule has 0 heterocycles. The van der Waals surface area contributed by atoms with E-state index < -0.39 is 0 Å². The molecule has 2 unspecified atom stereocenters. The largest absolute Gasteiger partial charge is 0.383 e. The summed E-state index contributed by atoms with van der Waals surface area (Å²) in [4.78, 5) is 4.61. The summed E-state index contributed by atoms with van der Waals surface area (Å²) in [7, 11) is 1.71. The Balaban J connectivity index is 1.76. The Labute approximate surface area is 128 Å². The summed E-state index contributed by atoms with van der Waals surface area (Å²) in [5.41, 5.74) is 4.40. The number of amidine groups is 1. The van der Waals surface area contributed by atoms with E-state index in [1.54, 1.807) is 7.11 Å². The van der Waals surface area contributed by atoms with Crippen molar-refractivity contribution in [2.75, 3.05) is 20.3 Å². The second-order valence-electron chi connectivity index (χ2n) is 8.77. The van der Waals surface area contributed by atoms with E-state index >= 15 is 0 Å². The molecular formula is C17H31N3O. The maximum Gasteiger partial charge on any atom is 0.111 e. The van der Waals surface area contributed by atoms with Gasteiger partial charge in [0.1, 0.15) is 5.84 Å². The first kappa shape index (κ1) is 15.3. The molecule has 4 rings (SSSR count). The number of ether oxygens (including phenoxy) is 1. The SMILES string of the molecule is COCCN=C(CC12CC3CC(C)(CC(C)(C3)C1)C2)NN. The van der Waals surface area contributed by atoms with Gasteiger partial charge in [0.05, 0.1) is 13.2 Å². The molecule has 0 spiro atoms. The van der Waals surface area contributed by atoms with Crippen molar-refractivity contribution in [3.8, 4) is 0 Å². The van der Waals surface area contributed by atoms with E-state index in [1.807, 2.05) is 0 Å². The molecule has 0 aromatic rings. The lowest BCUT2D eigenvalue weighted by molar-refractivity contribution is -0.141. The van der Waals surface area contributed by atoms with Crippen molar-refractivity contribution < 1.29 is 4.74 Å². The molecule has 4 aliphatic carbocycles. The molecule has 21 heavy (non-hydrogen) atoms. The van der Waals surface area contributed by atoms with Crippen molar-refractivity contribution in [1.29, 1.82) is 0 Å². The first-order valence-electron chi connectivity index (χ1n) is 8.39. The minimum Gasteiger partial charge on any atom is -0.383 e. The molecule has 0 aliphatic heterocycles. The lowest BCUT2D eigenvalue weighted by atomic mass is 9.40. The number of methoxy groups -OCH3 is 1. The third-order valence-corrected chi connectivity index (χ3v) is 6.05. The maximum absolute atomic E-state index is 5.73. The molecule has 120 valence electrons. The first-order chi connectivity index (χ1) is 9.90. The molecule has 4 bridgehead atoms. The molecule has 2 atom stereocenters. The Bertz CT molecular complexity index is 416. The normalized spacial score (nSPS) is 45.1. The molecule has 4 nitrogen and oxygen atoms in total. The average Bonchev–Trinajstić information content (AvgIpc) is 2.33. The maximum atomic E-state index is 5.73. The fourth-order valence-corrected chi connectivity index (χ4v) is 6.66. The van der Waals surface area contributed by atoms with Gasteiger partial charge < -0.3 is 10.2 Å². The van der Waals surface area contributed by atoms with Crippen LogP contribution in [0.2, 0.25) is 0 Å². The number of nitrogens with two attached hydrogens (primary N) is 1. The van der Waals surface area contributed by atoms with E-state index in [4.69, 9.17) is 10.6 Å². The van der Waals surface area contributed by atoms with Crippen LogP contribution in [-0.2, 0) is 4.74 Å². The predicted molar refractivity (Wildman–Crippen MR) is 86.0 cm³/mol. The van der Waals surface area contributed by atoms with Crippen LogP contribution in [0, 0.1) is 22.2 Å². The average molecular weight is 293 g/mol. The van der Waals surface area contributed by atoms with Gasteiger partial charge in [-0.15, -0.1) is 0 Å². The summed E-state index contributed by atoms with van der Waals surface area (Å²) >= 11 is 0. The van der Waals surface area contributed by atoms with Gasteiger partial charge in [-0.2, -0.15) is 0 Å². The zero-order valence-electron chi connectivity index (χ0n) is 13.9. The highest BCUT2D eigenvalue weighted by Crippen LogP contribution is 2.70. The Morgan fingerprint density at radius 1 is 1.19 bits per heavy atom. The molecule has 4 fully saturated rings. The van der Waals surface area contributed by atoms with Crippen molar-refractivity contribution in [2.24, 2.45) is 33.0 Å². The molecule has 3 N–H and O–H groups in total. The smallest absolute Gasteiger partial charge is 0.111 e. The summed E-state index contributed by atoms with van der Waals surface area (Å²) in [6, 6.07) is 0. The Morgan fingerprint density at radius 2 is 1.86 bits per heavy atom. The minimum atomic E-state index is 0.432. The fraction of sp³-hybridized carbons (Fsp3) is 0.941. The zero-order chi connectivity index (χ0) is 15.1. The molecule has 0 radical (unpaired) electrons. The highest BCUT2D eigenvalue weighted by Gasteiger charge is 2.59. The van der Waals surface area contributed by atoms with E-state index in [-0.39, 0.29) is 0 Å². The minimum absolute atomic E-state index is 0.432. The molecule has 4 aliphatic rings. The predicted octanol–water partition coefficient (Wildman–Crippen LogP) is 2.88. The molecule has 0 amide bonds. The Hall–Kier alpha value is -0.610. The lowest BCUT2D eigenvalue weighted by Gasteiger charge is -2.65. The molecule has 4 saturated carbocycles. The highest BCUT2D eigenvalue weighted by molar-refractivity contribution is 5.82. The number of rotatable bonds is 5. The van der Waals surface area contributed by atoms with Crippen LogP contribution in [0.5, 0.6) is 0 Å². The number of hydrazine groups is 1. The van der Waals surface area contributed by atoms with Gasteiger partial charge in [-0.3, -0.25) is 4.99 Å². The lowest BCUT2D eigenvalue weighted by Crippen LogP contribution is -2.56. The number of nitrogens with zero attached hydrogens (tertiary/aromatic N) is 1. The van der Waals surface area contributed by atoms with Gasteiger partial charge in [0.25, 0.3) is 0 Å². The topological polar surface area (TPSA) is 59.6 Å². The van der Waals surface area contributed by atoms with Crippen LogP contribution < -0.4 is 11.3 Å². The quantitative estimate of drug-likeness (QED) is 0.269. The van der Waals surface area contributed by atoms with Crippen LogP contribution in [0.4, 0.5) is 0 Å². The number of hydrogen-bond donors (Lipinski definition) is 2. The van der Waals surface area contributed by atoms with Gasteiger partial charge in [0, 0.05) is 13.5 Å². The summed E-state index contributed by atoms with van der Waals surface area (Å²) in [6.45, 7) is 6.39. The van der Waals surface area contributed by atoms with Crippen LogP contribution in [0.1, 0.15) is 58.8 Å². The molecule has 0 aromatic heterocycles. The second-order valence-corrected chi connectivity index (χ2v) is 8.77. The van der Waals surface area contributed by atoms with Crippen molar-refractivity contribution in [3.05, 3.63) is 0 Å². The van der Waals surface area contributed by atoms with Gasteiger partial charge in [-0.25, -0.2) is 5.84 Å². The van der Waals surface area contributed by atoms with E-state index in [2.05, 4.69) is 24.3 Å². The molecular weight excluding hydrogens is 262 g/mol. The van der Waals surface area contributed by atoms with Crippen LogP contribution >= 0.6 is 0 Å². The van der Waals surface area contributed by atoms with Gasteiger partial charge in [-0.05, 0) is 60.7 Å². The van der Waals surface area contributed by atoms with Crippen LogP contribution in [0.25, 0.3) is 0 Å². The van der Waals surface area contributed by atoms with E-state index in [1.165, 1.54) is 38.5 Å². The van der Waals surface area contributed by atoms with Gasteiger partial charge in [0.2, 0.25) is 0 Å². The first-order valence-corrected chi connectivity index (χ1v) is 8.39. The number of hydrogen-bond acceptors (Lipinski definition) is 3.